The zero-order valence-electron chi connectivity index (χ0n) is 8.87. The molecule has 0 aromatic heterocycles. The second kappa shape index (κ2) is 5.89. The zero-order chi connectivity index (χ0) is 11.3. The molecule has 82 valence electrons. The number of nitrogens with two attached hydrogens (primary N) is 1. The van der Waals surface area contributed by atoms with Gasteiger partial charge in [0, 0.05) is 10.6 Å². The maximum atomic E-state index is 11.8. The van der Waals surface area contributed by atoms with Gasteiger partial charge < -0.3 is 5.73 Å². The summed E-state index contributed by atoms with van der Waals surface area (Å²) in [4.78, 5) is 11.8. The van der Waals surface area contributed by atoms with E-state index in [4.69, 9.17) is 17.3 Å². The largest absolute Gasteiger partial charge is 0.321 e. The zero-order valence-corrected chi connectivity index (χ0v) is 9.63. The lowest BCUT2D eigenvalue weighted by Crippen LogP contribution is -2.30. The van der Waals surface area contributed by atoms with E-state index in [0.29, 0.717) is 10.6 Å². The van der Waals surface area contributed by atoms with Crippen molar-refractivity contribution in [2.24, 2.45) is 5.73 Å². The van der Waals surface area contributed by atoms with Crippen LogP contribution in [-0.2, 0) is 0 Å². The maximum Gasteiger partial charge on any atom is 0.179 e. The highest BCUT2D eigenvalue weighted by Crippen LogP contribution is 2.12. The van der Waals surface area contributed by atoms with Crippen molar-refractivity contribution in [3.8, 4) is 0 Å². The molecule has 1 atom stereocenters. The van der Waals surface area contributed by atoms with E-state index >= 15 is 0 Å². The Kier molecular flexibility index (Phi) is 4.79. The lowest BCUT2D eigenvalue weighted by molar-refractivity contribution is 0.0956. The highest BCUT2D eigenvalue weighted by molar-refractivity contribution is 6.30. The van der Waals surface area contributed by atoms with E-state index in [9.17, 15) is 4.79 Å². The van der Waals surface area contributed by atoms with Gasteiger partial charge >= 0.3 is 0 Å². The van der Waals surface area contributed by atoms with Crippen LogP contribution < -0.4 is 5.73 Å². The van der Waals surface area contributed by atoms with Crippen molar-refractivity contribution in [2.45, 2.75) is 32.2 Å². The number of Topliss-reactive ketones (excluding diaryl/α,β-unsaturated/α-hetero) is 1. The molecule has 0 radical (unpaired) electrons. The first-order valence-corrected chi connectivity index (χ1v) is 5.58. The Bertz CT molecular complexity index is 321. The van der Waals surface area contributed by atoms with Gasteiger partial charge in [0.05, 0.1) is 6.04 Å². The van der Waals surface area contributed by atoms with Gasteiger partial charge in [0.15, 0.2) is 5.78 Å². The summed E-state index contributed by atoms with van der Waals surface area (Å²) < 4.78 is 0. The molecule has 0 heterocycles. The summed E-state index contributed by atoms with van der Waals surface area (Å²) in [5, 5.41) is 0.633. The minimum absolute atomic E-state index is 0.000108. The average molecular weight is 226 g/mol. The van der Waals surface area contributed by atoms with E-state index in [-0.39, 0.29) is 11.8 Å². The van der Waals surface area contributed by atoms with Crippen molar-refractivity contribution in [2.75, 3.05) is 0 Å². The smallest absolute Gasteiger partial charge is 0.179 e. The number of carbonyl (C=O) groups is 1. The van der Waals surface area contributed by atoms with Crippen LogP contribution in [0.4, 0.5) is 0 Å². The molecule has 0 spiro atoms. The van der Waals surface area contributed by atoms with Crippen LogP contribution in [0.2, 0.25) is 5.02 Å². The number of ketones is 1. The van der Waals surface area contributed by atoms with Gasteiger partial charge in [-0.25, -0.2) is 0 Å². The fourth-order valence-electron chi connectivity index (χ4n) is 1.38. The second-order valence-corrected chi connectivity index (χ2v) is 4.06. The standard InChI is InChI=1S/C12H16ClNO/c1-2-3-4-11(14)12(15)9-5-7-10(13)8-6-9/h5-8,11H,2-4,14H2,1H3. The van der Waals surface area contributed by atoms with Crippen LogP contribution in [0.1, 0.15) is 36.5 Å². The fraction of sp³-hybridized carbons (Fsp3) is 0.417. The van der Waals surface area contributed by atoms with Gasteiger partial charge in [-0.15, -0.1) is 0 Å². The lowest BCUT2D eigenvalue weighted by Gasteiger charge is -2.09. The second-order valence-electron chi connectivity index (χ2n) is 3.62. The SMILES string of the molecule is CCCCC(N)C(=O)c1ccc(Cl)cc1. The minimum atomic E-state index is -0.383. The van der Waals surface area contributed by atoms with E-state index in [2.05, 4.69) is 6.92 Å². The Labute approximate surface area is 95.4 Å². The molecule has 0 aliphatic rings. The Morgan fingerprint density at radius 3 is 2.53 bits per heavy atom. The minimum Gasteiger partial charge on any atom is -0.321 e. The summed E-state index contributed by atoms with van der Waals surface area (Å²) in [6.45, 7) is 2.08. The molecule has 1 unspecified atom stereocenters. The van der Waals surface area contributed by atoms with E-state index in [1.807, 2.05) is 0 Å². The monoisotopic (exact) mass is 225 g/mol. The van der Waals surface area contributed by atoms with Crippen LogP contribution in [0.5, 0.6) is 0 Å². The first kappa shape index (κ1) is 12.2. The third kappa shape index (κ3) is 3.65. The summed E-state index contributed by atoms with van der Waals surface area (Å²) in [6, 6.07) is 6.47. The van der Waals surface area contributed by atoms with Crippen LogP contribution in [0, 0.1) is 0 Å². The number of hydrogen-bond donors (Lipinski definition) is 1. The van der Waals surface area contributed by atoms with Crippen LogP contribution in [0.3, 0.4) is 0 Å². The first-order valence-electron chi connectivity index (χ1n) is 5.20. The topological polar surface area (TPSA) is 43.1 Å². The molecular formula is C12H16ClNO. The van der Waals surface area contributed by atoms with Crippen molar-refractivity contribution >= 4 is 17.4 Å². The predicted octanol–water partition coefficient (Wildman–Crippen LogP) is 3.04. The molecule has 1 rings (SSSR count). The summed E-state index contributed by atoms with van der Waals surface area (Å²) in [5.41, 5.74) is 6.43. The van der Waals surface area contributed by atoms with Gasteiger partial charge in [0.2, 0.25) is 0 Å². The maximum absolute atomic E-state index is 11.8. The third-order valence-corrected chi connectivity index (χ3v) is 2.59. The first-order chi connectivity index (χ1) is 7.15. The van der Waals surface area contributed by atoms with E-state index in [0.717, 1.165) is 19.3 Å². The van der Waals surface area contributed by atoms with Crippen LogP contribution in [0.25, 0.3) is 0 Å². The molecule has 0 fully saturated rings. The summed E-state index contributed by atoms with van der Waals surface area (Å²) in [7, 11) is 0. The molecule has 3 heteroatoms. The van der Waals surface area contributed by atoms with Crippen molar-refractivity contribution in [1.29, 1.82) is 0 Å². The average Bonchev–Trinajstić information content (AvgIpc) is 2.26. The Morgan fingerprint density at radius 2 is 2.00 bits per heavy atom. The fourth-order valence-corrected chi connectivity index (χ4v) is 1.51. The quantitative estimate of drug-likeness (QED) is 0.783. The van der Waals surface area contributed by atoms with Crippen LogP contribution in [0.15, 0.2) is 24.3 Å². The molecular weight excluding hydrogens is 210 g/mol. The van der Waals surface area contributed by atoms with Crippen molar-refractivity contribution < 1.29 is 4.79 Å². The number of hydrogen-bond acceptors (Lipinski definition) is 2. The molecule has 0 saturated carbocycles. The summed E-state index contributed by atoms with van der Waals surface area (Å²) >= 11 is 5.74. The molecule has 0 aliphatic carbocycles. The molecule has 0 amide bonds. The summed E-state index contributed by atoms with van der Waals surface area (Å²) in [5.74, 6) is 0.000108. The molecule has 0 aliphatic heterocycles. The van der Waals surface area contributed by atoms with Gasteiger partial charge in [0.1, 0.15) is 0 Å². The molecule has 15 heavy (non-hydrogen) atoms. The highest BCUT2D eigenvalue weighted by atomic mass is 35.5. The number of benzene rings is 1. The molecule has 0 bridgehead atoms. The number of halogens is 1. The molecule has 1 aromatic rings. The molecule has 1 aromatic carbocycles. The van der Waals surface area contributed by atoms with Gasteiger partial charge in [-0.05, 0) is 30.7 Å². The van der Waals surface area contributed by atoms with Crippen LogP contribution in [-0.4, -0.2) is 11.8 Å². The third-order valence-electron chi connectivity index (χ3n) is 2.33. The van der Waals surface area contributed by atoms with Gasteiger partial charge in [-0.3, -0.25) is 4.79 Å². The molecule has 2 N–H and O–H groups in total. The number of unbranched alkanes of at least 4 members (excludes halogenated alkanes) is 1. The van der Waals surface area contributed by atoms with E-state index in [1.165, 1.54) is 0 Å². The Morgan fingerprint density at radius 1 is 1.40 bits per heavy atom. The van der Waals surface area contributed by atoms with Crippen molar-refractivity contribution in [3.63, 3.8) is 0 Å². The van der Waals surface area contributed by atoms with Crippen molar-refractivity contribution in [3.05, 3.63) is 34.9 Å². The van der Waals surface area contributed by atoms with E-state index < -0.39 is 0 Å². The lowest BCUT2D eigenvalue weighted by atomic mass is 10.0. The molecule has 2 nitrogen and oxygen atoms in total. The highest BCUT2D eigenvalue weighted by Gasteiger charge is 2.14. The Balaban J connectivity index is 2.63. The number of rotatable bonds is 5. The number of carbonyl (C=O) groups excluding carboxylic acids is 1. The molecule has 0 saturated heterocycles. The van der Waals surface area contributed by atoms with Gasteiger partial charge in [0.25, 0.3) is 0 Å². The Hall–Kier alpha value is -0.860. The van der Waals surface area contributed by atoms with Crippen LogP contribution >= 0.6 is 11.6 Å². The van der Waals surface area contributed by atoms with Crippen molar-refractivity contribution in [1.82, 2.24) is 0 Å². The van der Waals surface area contributed by atoms with Gasteiger partial charge in [-0.1, -0.05) is 31.4 Å². The predicted molar refractivity (Wildman–Crippen MR) is 63.3 cm³/mol. The normalized spacial score (nSPS) is 12.5. The van der Waals surface area contributed by atoms with E-state index in [1.54, 1.807) is 24.3 Å². The van der Waals surface area contributed by atoms with Gasteiger partial charge in [-0.2, -0.15) is 0 Å². The summed E-state index contributed by atoms with van der Waals surface area (Å²) in [6.07, 6.45) is 2.79.